The van der Waals surface area contributed by atoms with Crippen molar-refractivity contribution in [2.24, 2.45) is 5.73 Å². The maximum Gasteiger partial charge on any atom is 0.324 e. The summed E-state index contributed by atoms with van der Waals surface area (Å²) in [6, 6.07) is 19.8. The maximum atomic E-state index is 11.4. The van der Waals surface area contributed by atoms with Gasteiger partial charge in [0, 0.05) is 12.3 Å². The number of carboxylic acid groups (broad SMARTS) is 1. The van der Waals surface area contributed by atoms with Crippen molar-refractivity contribution in [2.45, 2.75) is 30.7 Å². The number of carboxylic acids is 1. The van der Waals surface area contributed by atoms with Crippen LogP contribution in [-0.4, -0.2) is 22.9 Å². The molecule has 0 heterocycles. The molecular weight excluding hydrogens is 290 g/mol. The summed E-state index contributed by atoms with van der Waals surface area (Å²) in [6.45, 7) is 0. The molecule has 2 aromatic carbocycles. The molecule has 4 nitrogen and oxygen atoms in total. The lowest BCUT2D eigenvalue weighted by Crippen LogP contribution is -2.48. The number of nitrogens with two attached hydrogens (primary N) is 1. The summed E-state index contributed by atoms with van der Waals surface area (Å²) in [5, 5.41) is 9.33. The van der Waals surface area contributed by atoms with E-state index in [0.29, 0.717) is 12.7 Å². The quantitative estimate of drug-likeness (QED) is 0.734. The third-order valence-electron chi connectivity index (χ3n) is 4.16. The number of carbonyl (C=O) groups is 2. The topological polar surface area (TPSA) is 80.4 Å². The Kier molecular flexibility index (Phi) is 5.66. The van der Waals surface area contributed by atoms with E-state index in [-0.39, 0.29) is 18.8 Å². The Hall–Kier alpha value is -2.46. The van der Waals surface area contributed by atoms with Crippen LogP contribution in [0.2, 0.25) is 0 Å². The molecule has 0 bridgehead atoms. The molecule has 3 N–H and O–H groups in total. The summed E-state index contributed by atoms with van der Waals surface area (Å²) in [5.41, 5.74) is 6.63. The second kappa shape index (κ2) is 7.70. The van der Waals surface area contributed by atoms with Gasteiger partial charge in [0.25, 0.3) is 0 Å². The third-order valence-corrected chi connectivity index (χ3v) is 4.16. The van der Waals surface area contributed by atoms with E-state index < -0.39 is 11.5 Å². The summed E-state index contributed by atoms with van der Waals surface area (Å²) in [4.78, 5) is 22.2. The second-order valence-electron chi connectivity index (χ2n) is 5.74. The minimum atomic E-state index is -1.51. The first-order chi connectivity index (χ1) is 11.1. The molecule has 0 saturated heterocycles. The van der Waals surface area contributed by atoms with Gasteiger partial charge in [0.2, 0.25) is 0 Å². The molecule has 0 fully saturated rings. The Labute approximate surface area is 136 Å². The summed E-state index contributed by atoms with van der Waals surface area (Å²) in [6.07, 6.45) is 1.19. The van der Waals surface area contributed by atoms with Crippen LogP contribution >= 0.6 is 0 Å². The first-order valence-electron chi connectivity index (χ1n) is 7.62. The molecule has 0 aliphatic rings. The molecule has 0 spiro atoms. The number of hydrogen-bond donors (Lipinski definition) is 2. The van der Waals surface area contributed by atoms with Crippen molar-refractivity contribution in [3.8, 4) is 0 Å². The lowest BCUT2D eigenvalue weighted by molar-refractivity contribution is -0.144. The van der Waals surface area contributed by atoms with Crippen LogP contribution in [0.4, 0.5) is 0 Å². The van der Waals surface area contributed by atoms with Crippen LogP contribution in [0.1, 0.15) is 36.3 Å². The van der Waals surface area contributed by atoms with E-state index >= 15 is 0 Å². The number of aliphatic carboxylic acids is 1. The first-order valence-corrected chi connectivity index (χ1v) is 7.62. The Morgan fingerprint density at radius 3 is 1.91 bits per heavy atom. The summed E-state index contributed by atoms with van der Waals surface area (Å²) < 4.78 is 0. The van der Waals surface area contributed by atoms with Gasteiger partial charge in [0.1, 0.15) is 11.8 Å². The zero-order chi connectivity index (χ0) is 16.7. The molecule has 0 radical (unpaired) electrons. The third kappa shape index (κ3) is 4.27. The summed E-state index contributed by atoms with van der Waals surface area (Å²) >= 11 is 0. The summed E-state index contributed by atoms with van der Waals surface area (Å²) in [7, 11) is 0. The van der Waals surface area contributed by atoms with Gasteiger partial charge in [-0.1, -0.05) is 60.7 Å². The molecule has 1 unspecified atom stereocenters. The van der Waals surface area contributed by atoms with Crippen molar-refractivity contribution >= 4 is 12.3 Å². The van der Waals surface area contributed by atoms with Gasteiger partial charge < -0.3 is 15.6 Å². The van der Waals surface area contributed by atoms with Gasteiger partial charge >= 0.3 is 5.97 Å². The molecule has 0 aromatic heterocycles. The molecule has 0 saturated carbocycles. The predicted molar refractivity (Wildman–Crippen MR) is 89.2 cm³/mol. The van der Waals surface area contributed by atoms with Crippen molar-refractivity contribution in [3.63, 3.8) is 0 Å². The van der Waals surface area contributed by atoms with E-state index in [4.69, 9.17) is 5.73 Å². The smallest absolute Gasteiger partial charge is 0.324 e. The average Bonchev–Trinajstić information content (AvgIpc) is 2.57. The monoisotopic (exact) mass is 311 g/mol. The number of hydrogen-bond acceptors (Lipinski definition) is 3. The van der Waals surface area contributed by atoms with Crippen LogP contribution in [-0.2, 0) is 9.59 Å². The van der Waals surface area contributed by atoms with Crippen molar-refractivity contribution < 1.29 is 14.7 Å². The Morgan fingerprint density at radius 1 is 1.04 bits per heavy atom. The van der Waals surface area contributed by atoms with Gasteiger partial charge in [-0.25, -0.2) is 0 Å². The predicted octanol–water partition coefficient (Wildman–Crippen LogP) is 2.97. The standard InChI is InChI=1S/C19H21NO3/c20-19(13-14-21,18(22)23)12-11-17(15-7-3-1-4-8-15)16-9-5-2-6-10-16/h1-10,14,17H,11-13,20H2,(H,22,23). The fourth-order valence-electron chi connectivity index (χ4n) is 2.74. The average molecular weight is 311 g/mol. The van der Waals surface area contributed by atoms with Gasteiger partial charge in [0.15, 0.2) is 0 Å². The molecule has 0 aliphatic heterocycles. The SMILES string of the molecule is NC(CC=O)(CCC(c1ccccc1)c1ccccc1)C(=O)O. The highest BCUT2D eigenvalue weighted by molar-refractivity contribution is 5.81. The molecule has 0 amide bonds. The maximum absolute atomic E-state index is 11.4. The molecule has 2 rings (SSSR count). The van der Waals surface area contributed by atoms with Crippen LogP contribution in [0, 0.1) is 0 Å². The largest absolute Gasteiger partial charge is 0.480 e. The van der Waals surface area contributed by atoms with Gasteiger partial charge in [-0.2, -0.15) is 0 Å². The lowest BCUT2D eigenvalue weighted by Gasteiger charge is -2.26. The van der Waals surface area contributed by atoms with Gasteiger partial charge in [-0.15, -0.1) is 0 Å². The Bertz CT molecular complexity index is 603. The van der Waals surface area contributed by atoms with Gasteiger partial charge in [-0.05, 0) is 24.0 Å². The van der Waals surface area contributed by atoms with E-state index in [1.54, 1.807) is 0 Å². The minimum absolute atomic E-state index is 0.0475. The van der Waals surface area contributed by atoms with E-state index in [1.165, 1.54) is 0 Å². The van der Waals surface area contributed by atoms with E-state index in [0.717, 1.165) is 11.1 Å². The normalized spacial score (nSPS) is 13.5. The van der Waals surface area contributed by atoms with E-state index in [9.17, 15) is 14.7 Å². The van der Waals surface area contributed by atoms with E-state index in [1.807, 2.05) is 60.7 Å². The van der Waals surface area contributed by atoms with Crippen LogP contribution in [0.15, 0.2) is 60.7 Å². The van der Waals surface area contributed by atoms with Crippen LogP contribution in [0.25, 0.3) is 0 Å². The van der Waals surface area contributed by atoms with Crippen molar-refractivity contribution in [3.05, 3.63) is 71.8 Å². The summed E-state index contributed by atoms with van der Waals surface area (Å²) in [5.74, 6) is -1.09. The fraction of sp³-hybridized carbons (Fsp3) is 0.263. The van der Waals surface area contributed by atoms with Gasteiger partial charge in [0.05, 0.1) is 0 Å². The molecule has 2 aromatic rings. The van der Waals surface area contributed by atoms with Crippen molar-refractivity contribution in [2.75, 3.05) is 0 Å². The van der Waals surface area contributed by atoms with Crippen LogP contribution < -0.4 is 5.73 Å². The molecule has 120 valence electrons. The highest BCUT2D eigenvalue weighted by Gasteiger charge is 2.34. The highest BCUT2D eigenvalue weighted by atomic mass is 16.4. The molecule has 0 aliphatic carbocycles. The highest BCUT2D eigenvalue weighted by Crippen LogP contribution is 2.31. The first kappa shape index (κ1) is 16.9. The number of aldehydes is 1. The van der Waals surface area contributed by atoms with Crippen LogP contribution in [0.5, 0.6) is 0 Å². The molecule has 4 heteroatoms. The number of carbonyl (C=O) groups excluding carboxylic acids is 1. The zero-order valence-corrected chi connectivity index (χ0v) is 12.9. The minimum Gasteiger partial charge on any atom is -0.480 e. The fourth-order valence-corrected chi connectivity index (χ4v) is 2.74. The molecule has 1 atom stereocenters. The molecular formula is C19H21NO3. The lowest BCUT2D eigenvalue weighted by atomic mass is 9.82. The number of rotatable bonds is 8. The Balaban J connectivity index is 2.25. The zero-order valence-electron chi connectivity index (χ0n) is 12.9. The number of benzene rings is 2. The Morgan fingerprint density at radius 2 is 1.52 bits per heavy atom. The molecule has 23 heavy (non-hydrogen) atoms. The van der Waals surface area contributed by atoms with Crippen LogP contribution in [0.3, 0.4) is 0 Å². The van der Waals surface area contributed by atoms with Crippen molar-refractivity contribution in [1.82, 2.24) is 0 Å². The van der Waals surface area contributed by atoms with Crippen molar-refractivity contribution in [1.29, 1.82) is 0 Å². The van der Waals surface area contributed by atoms with Gasteiger partial charge in [-0.3, -0.25) is 4.79 Å². The van der Waals surface area contributed by atoms with E-state index in [2.05, 4.69) is 0 Å². The second-order valence-corrected chi connectivity index (χ2v) is 5.74.